The fraction of sp³-hybridized carbons (Fsp3) is 0.500. The maximum absolute atomic E-state index is 13.6. The number of nitrogens with zero attached hydrogens (tertiary/aromatic N) is 1. The van der Waals surface area contributed by atoms with Gasteiger partial charge >= 0.3 is 5.97 Å². The summed E-state index contributed by atoms with van der Waals surface area (Å²) in [5, 5.41) is 8.79. The number of hydrogen-bond donors (Lipinski definition) is 2. The van der Waals surface area contributed by atoms with Crippen molar-refractivity contribution in [2.24, 2.45) is 0 Å². The second-order valence-electron chi connectivity index (χ2n) is 5.70. The number of carbonyl (C=O) groups is 1. The van der Waals surface area contributed by atoms with Gasteiger partial charge in [0.25, 0.3) is 0 Å². The number of likely N-dealkylation sites (N-methyl/N-ethyl adjacent to an activating group) is 1. The van der Waals surface area contributed by atoms with E-state index < -0.39 is 50.2 Å². The topological polar surface area (TPSA) is 86.7 Å². The maximum atomic E-state index is 13.6. The third-order valence-electron chi connectivity index (χ3n) is 4.04. The Bertz CT molecular complexity index is 755. The first kappa shape index (κ1) is 19.6. The SMILES string of the molecule is CCN(CC(=O)O)C1CC(NS(=O)(=O)c2c(F)c(F)cc(F)c2F)C1. The Balaban J connectivity index is 2.11. The minimum Gasteiger partial charge on any atom is -0.480 e. The first-order valence-corrected chi connectivity index (χ1v) is 8.86. The van der Waals surface area contributed by atoms with Gasteiger partial charge < -0.3 is 5.11 Å². The van der Waals surface area contributed by atoms with E-state index in [1.54, 1.807) is 11.8 Å². The third kappa shape index (κ3) is 4.10. The number of nitrogens with one attached hydrogen (secondary N) is 1. The van der Waals surface area contributed by atoms with E-state index in [0.29, 0.717) is 6.54 Å². The molecular formula is C14H16F4N2O4S. The van der Waals surface area contributed by atoms with Crippen molar-refractivity contribution in [3.8, 4) is 0 Å². The Kier molecular flexibility index (Phi) is 5.69. The molecule has 0 bridgehead atoms. The van der Waals surface area contributed by atoms with E-state index in [0.717, 1.165) is 0 Å². The van der Waals surface area contributed by atoms with Crippen LogP contribution in [0.2, 0.25) is 0 Å². The van der Waals surface area contributed by atoms with Gasteiger partial charge in [-0.2, -0.15) is 0 Å². The summed E-state index contributed by atoms with van der Waals surface area (Å²) < 4.78 is 79.8. The van der Waals surface area contributed by atoms with E-state index in [9.17, 15) is 30.8 Å². The van der Waals surface area contributed by atoms with E-state index in [1.165, 1.54) is 0 Å². The predicted molar refractivity (Wildman–Crippen MR) is 78.3 cm³/mol. The van der Waals surface area contributed by atoms with Crippen molar-refractivity contribution in [1.29, 1.82) is 0 Å². The maximum Gasteiger partial charge on any atom is 0.317 e. The van der Waals surface area contributed by atoms with E-state index >= 15 is 0 Å². The van der Waals surface area contributed by atoms with Gasteiger partial charge in [0, 0.05) is 18.2 Å². The molecule has 1 saturated carbocycles. The molecule has 0 radical (unpaired) electrons. The zero-order valence-electron chi connectivity index (χ0n) is 13.1. The molecule has 2 N–H and O–H groups in total. The number of benzene rings is 1. The lowest BCUT2D eigenvalue weighted by molar-refractivity contribution is -0.139. The standard InChI is InChI=1S/C14H16F4N2O4S/c1-2-20(6-11(21)22)8-3-7(4-8)19-25(23,24)14-12(17)9(15)5-10(16)13(14)18/h5,7-8,19H,2-4,6H2,1H3,(H,21,22). The highest BCUT2D eigenvalue weighted by molar-refractivity contribution is 7.89. The van der Waals surface area contributed by atoms with Crippen molar-refractivity contribution in [2.75, 3.05) is 13.1 Å². The first-order valence-electron chi connectivity index (χ1n) is 7.38. The summed E-state index contributed by atoms with van der Waals surface area (Å²) in [6.07, 6.45) is 0.419. The second-order valence-corrected chi connectivity index (χ2v) is 7.35. The lowest BCUT2D eigenvalue weighted by Gasteiger charge is -2.42. The van der Waals surface area contributed by atoms with Crippen LogP contribution < -0.4 is 4.72 Å². The van der Waals surface area contributed by atoms with Crippen LogP contribution in [0.15, 0.2) is 11.0 Å². The first-order chi connectivity index (χ1) is 11.6. The molecule has 0 unspecified atom stereocenters. The molecule has 0 aliphatic heterocycles. The molecule has 0 atom stereocenters. The van der Waals surface area contributed by atoms with E-state index in [2.05, 4.69) is 0 Å². The Hall–Kier alpha value is -1.72. The van der Waals surface area contributed by atoms with Gasteiger partial charge in [0.05, 0.1) is 6.54 Å². The molecular weight excluding hydrogens is 368 g/mol. The Morgan fingerprint density at radius 2 is 1.76 bits per heavy atom. The quantitative estimate of drug-likeness (QED) is 0.549. The summed E-state index contributed by atoms with van der Waals surface area (Å²) in [4.78, 5) is 10.6. The van der Waals surface area contributed by atoms with E-state index in [-0.39, 0.29) is 31.5 Å². The molecule has 0 aromatic heterocycles. The molecule has 11 heteroatoms. The summed E-state index contributed by atoms with van der Waals surface area (Å²) in [6, 6.07) is -1.01. The molecule has 25 heavy (non-hydrogen) atoms. The Labute approximate surface area is 141 Å². The van der Waals surface area contributed by atoms with Gasteiger partial charge in [-0.1, -0.05) is 6.92 Å². The number of aliphatic carboxylic acids is 1. The fourth-order valence-corrected chi connectivity index (χ4v) is 4.14. The molecule has 6 nitrogen and oxygen atoms in total. The molecule has 0 saturated heterocycles. The number of halogens is 4. The zero-order valence-corrected chi connectivity index (χ0v) is 13.9. The molecule has 2 rings (SSSR count). The summed E-state index contributed by atoms with van der Waals surface area (Å²) >= 11 is 0. The Morgan fingerprint density at radius 1 is 1.24 bits per heavy atom. The predicted octanol–water partition coefficient (Wildman–Crippen LogP) is 1.46. The van der Waals surface area contributed by atoms with Gasteiger partial charge in [0.1, 0.15) is 0 Å². The second kappa shape index (κ2) is 7.26. The minimum absolute atomic E-state index is 0.0753. The average Bonchev–Trinajstić information content (AvgIpc) is 2.46. The van der Waals surface area contributed by atoms with Crippen LogP contribution >= 0.6 is 0 Å². The van der Waals surface area contributed by atoms with Crippen LogP contribution in [0, 0.1) is 23.3 Å². The smallest absolute Gasteiger partial charge is 0.317 e. The van der Waals surface area contributed by atoms with Crippen LogP contribution in [-0.2, 0) is 14.8 Å². The summed E-state index contributed by atoms with van der Waals surface area (Å²) in [6.45, 7) is 1.94. The van der Waals surface area contributed by atoms with Crippen molar-refractivity contribution >= 4 is 16.0 Å². The van der Waals surface area contributed by atoms with Crippen LogP contribution in [-0.4, -0.2) is 49.6 Å². The minimum atomic E-state index is -4.82. The number of carboxylic acid groups (broad SMARTS) is 1. The van der Waals surface area contributed by atoms with Crippen molar-refractivity contribution in [1.82, 2.24) is 9.62 Å². The molecule has 1 fully saturated rings. The molecule has 140 valence electrons. The monoisotopic (exact) mass is 384 g/mol. The van der Waals surface area contributed by atoms with E-state index in [1.807, 2.05) is 4.72 Å². The van der Waals surface area contributed by atoms with Crippen LogP contribution in [0.1, 0.15) is 19.8 Å². The number of hydrogen-bond acceptors (Lipinski definition) is 4. The molecule has 0 amide bonds. The summed E-state index contributed by atoms with van der Waals surface area (Å²) in [5.74, 6) is -8.66. The van der Waals surface area contributed by atoms with Crippen molar-refractivity contribution in [3.63, 3.8) is 0 Å². The fourth-order valence-electron chi connectivity index (χ4n) is 2.72. The molecule has 0 heterocycles. The number of carboxylic acids is 1. The van der Waals surface area contributed by atoms with Crippen molar-refractivity contribution in [2.45, 2.75) is 36.7 Å². The normalized spacial score (nSPS) is 20.6. The van der Waals surface area contributed by atoms with Crippen molar-refractivity contribution < 1.29 is 35.9 Å². The van der Waals surface area contributed by atoms with Crippen LogP contribution in [0.4, 0.5) is 17.6 Å². The molecule has 1 aromatic rings. The number of sulfonamides is 1. The zero-order chi connectivity index (χ0) is 18.9. The van der Waals surface area contributed by atoms with Crippen LogP contribution in [0.5, 0.6) is 0 Å². The highest BCUT2D eigenvalue weighted by Gasteiger charge is 2.38. The van der Waals surface area contributed by atoms with Crippen LogP contribution in [0.25, 0.3) is 0 Å². The van der Waals surface area contributed by atoms with Gasteiger partial charge in [0.2, 0.25) is 10.0 Å². The highest BCUT2D eigenvalue weighted by atomic mass is 32.2. The molecule has 0 spiro atoms. The van der Waals surface area contributed by atoms with Crippen molar-refractivity contribution in [3.05, 3.63) is 29.3 Å². The van der Waals surface area contributed by atoms with Gasteiger partial charge in [-0.3, -0.25) is 9.69 Å². The average molecular weight is 384 g/mol. The van der Waals surface area contributed by atoms with Gasteiger partial charge in [-0.15, -0.1) is 0 Å². The Morgan fingerprint density at radius 3 is 2.20 bits per heavy atom. The molecule has 1 aliphatic rings. The summed E-state index contributed by atoms with van der Waals surface area (Å²) in [5.41, 5.74) is 0. The largest absolute Gasteiger partial charge is 0.480 e. The lowest BCUT2D eigenvalue weighted by Crippen LogP contribution is -2.54. The highest BCUT2D eigenvalue weighted by Crippen LogP contribution is 2.29. The number of rotatable bonds is 7. The lowest BCUT2D eigenvalue weighted by atomic mass is 9.86. The van der Waals surface area contributed by atoms with Crippen LogP contribution in [0.3, 0.4) is 0 Å². The molecule has 1 aliphatic carbocycles. The summed E-state index contributed by atoms with van der Waals surface area (Å²) in [7, 11) is -4.82. The molecule has 1 aromatic carbocycles. The van der Waals surface area contributed by atoms with Gasteiger partial charge in [0.15, 0.2) is 28.2 Å². The van der Waals surface area contributed by atoms with Gasteiger partial charge in [-0.05, 0) is 19.4 Å². The van der Waals surface area contributed by atoms with Gasteiger partial charge in [-0.25, -0.2) is 30.7 Å². The van der Waals surface area contributed by atoms with E-state index in [4.69, 9.17) is 5.11 Å². The third-order valence-corrected chi connectivity index (χ3v) is 5.58.